The van der Waals surface area contributed by atoms with Crippen molar-refractivity contribution in [3.63, 3.8) is 0 Å². The number of nitrogens with zero attached hydrogens (tertiary/aromatic N) is 2. The molecule has 0 spiro atoms. The predicted octanol–water partition coefficient (Wildman–Crippen LogP) is 6.26. The Kier molecular flexibility index (Phi) is 10.6. The topological polar surface area (TPSA) is 138 Å². The van der Waals surface area contributed by atoms with Crippen LogP contribution in [0.15, 0.2) is 24.3 Å². The third-order valence-electron chi connectivity index (χ3n) is 9.33. The second-order valence-corrected chi connectivity index (χ2v) is 11.8. The molecule has 0 fully saturated rings. The van der Waals surface area contributed by atoms with Crippen molar-refractivity contribution in [2.24, 2.45) is 0 Å². The van der Waals surface area contributed by atoms with Crippen LogP contribution < -0.4 is 10.2 Å². The van der Waals surface area contributed by atoms with Crippen molar-refractivity contribution in [3.8, 4) is 0 Å². The van der Waals surface area contributed by atoms with Gasteiger partial charge < -0.3 is 29.8 Å². The summed E-state index contributed by atoms with van der Waals surface area (Å²) in [5.41, 5.74) is 15.8. The van der Waals surface area contributed by atoms with Gasteiger partial charge in [0.15, 0.2) is 0 Å². The number of carbonyl (C=O) groups excluding carboxylic acids is 2. The maximum atomic E-state index is 11.7. The van der Waals surface area contributed by atoms with Crippen molar-refractivity contribution in [1.29, 1.82) is 0 Å². The van der Waals surface area contributed by atoms with E-state index in [1.807, 2.05) is 27.7 Å². The number of hydrogen-bond donors (Lipinski definition) is 2. The van der Waals surface area contributed by atoms with E-state index in [-0.39, 0.29) is 16.5 Å². The number of aryl methyl sites for hydroxylation is 4. The molecule has 5 heterocycles. The van der Waals surface area contributed by atoms with E-state index in [2.05, 4.69) is 49.8 Å². The van der Waals surface area contributed by atoms with Crippen molar-refractivity contribution in [2.45, 2.75) is 81.1 Å². The Balaban J connectivity index is 0.00000500. The van der Waals surface area contributed by atoms with Gasteiger partial charge >= 0.3 is 16.5 Å². The van der Waals surface area contributed by atoms with Gasteiger partial charge in [-0.05, 0) is 134 Å². The average Bonchev–Trinajstić information content (AvgIpc) is 3.70. The average molecular weight is 675 g/mol. The summed E-state index contributed by atoms with van der Waals surface area (Å²) < 4.78 is 0. The quantitative estimate of drug-likeness (QED) is 0.214. The summed E-state index contributed by atoms with van der Waals surface area (Å²) in [6.45, 7) is 16.5. The van der Waals surface area contributed by atoms with Crippen LogP contribution in [0.25, 0.3) is 56.5 Å². The van der Waals surface area contributed by atoms with Crippen LogP contribution in [0.1, 0.15) is 111 Å². The van der Waals surface area contributed by atoms with Crippen molar-refractivity contribution in [2.75, 3.05) is 0 Å². The second kappa shape index (κ2) is 14.1. The molecule has 3 aromatic rings. The molecule has 47 heavy (non-hydrogen) atoms. The summed E-state index contributed by atoms with van der Waals surface area (Å²) in [6.07, 6.45) is 7.99. The smallest absolute Gasteiger partial charge is 0.545 e. The third-order valence-corrected chi connectivity index (χ3v) is 9.33. The predicted molar refractivity (Wildman–Crippen MR) is 183 cm³/mol. The molecule has 2 N–H and O–H groups in total. The Morgan fingerprint density at radius 3 is 1.77 bits per heavy atom. The molecule has 0 radical (unpaired) electrons. The van der Waals surface area contributed by atoms with Crippen LogP contribution in [0.2, 0.25) is 0 Å². The van der Waals surface area contributed by atoms with Gasteiger partial charge in [-0.25, -0.2) is 9.97 Å². The Morgan fingerprint density at radius 1 is 0.660 bits per heavy atom. The molecule has 9 heteroatoms. The van der Waals surface area contributed by atoms with Gasteiger partial charge in [-0.3, -0.25) is 0 Å². The number of H-pyrrole nitrogens is 2. The van der Waals surface area contributed by atoms with Gasteiger partial charge in [0.1, 0.15) is 0 Å². The van der Waals surface area contributed by atoms with Crippen LogP contribution >= 0.6 is 0 Å². The molecule has 2 aliphatic heterocycles. The summed E-state index contributed by atoms with van der Waals surface area (Å²) in [6, 6.07) is 4.22. The zero-order chi connectivity index (χ0) is 33.4. The number of allylic oxidation sites excluding steroid dienone is 4. The number of carboxylic acids is 2. The summed E-state index contributed by atoms with van der Waals surface area (Å²) in [7, 11) is 0. The second-order valence-electron chi connectivity index (χ2n) is 11.8. The first-order valence-corrected chi connectivity index (χ1v) is 15.9. The Morgan fingerprint density at radius 2 is 1.19 bits per heavy atom. The number of hydrogen-bond acceptors (Lipinski definition) is 6. The zero-order valence-corrected chi connectivity index (χ0v) is 29.1. The number of aliphatic carboxylic acids is 2. The molecule has 8 nitrogen and oxygen atoms in total. The summed E-state index contributed by atoms with van der Waals surface area (Å²) in [5.74, 6) is -2.64. The summed E-state index contributed by atoms with van der Waals surface area (Å²) in [4.78, 5) is 41.0. The van der Waals surface area contributed by atoms with E-state index < -0.39 is 11.9 Å². The first kappa shape index (κ1) is 35.4. The largest absolute Gasteiger partial charge is 2.00 e. The van der Waals surface area contributed by atoms with E-state index >= 15 is 0 Å². The van der Waals surface area contributed by atoms with Crippen molar-refractivity contribution in [1.82, 2.24) is 19.9 Å². The Labute approximate surface area is 285 Å². The van der Waals surface area contributed by atoms with Crippen LogP contribution in [-0.4, -0.2) is 31.9 Å². The van der Waals surface area contributed by atoms with E-state index in [1.165, 1.54) is 11.6 Å². The molecule has 8 bridgehead atoms. The fourth-order valence-electron chi connectivity index (χ4n) is 6.94. The number of rotatable bonds is 8. The molecule has 0 amide bonds. The molecule has 0 aliphatic carbocycles. The standard InChI is InChI=1S/C38H42N4O4.Ni/c1-9-23-19(5)29-17-32-24(10-2)21(7)35(41-32)27(13-15-33(43)44)38-26(12-4)22(8)36(42-38)28(14-16-34(45)46)37-25(11-3)20(6)30(40-37)18-31(23)39-29;/h13-18,39,41H,9-12H2,1-8H3,(H,43,44)(H,45,46);/q;+2/p-2/b15-13+,16-14+,29-17?,30-18?,31-18?,32-17?,35-27?,36-28?,37-28?,38-27?;. The van der Waals surface area contributed by atoms with Gasteiger partial charge in [0.05, 0.1) is 40.2 Å². The zero-order valence-electron chi connectivity index (χ0n) is 28.1. The van der Waals surface area contributed by atoms with Gasteiger partial charge in [0.25, 0.3) is 0 Å². The number of carboxylic acid groups (broad SMARTS) is 2. The minimum atomic E-state index is -1.32. The van der Waals surface area contributed by atoms with Crippen LogP contribution in [0, 0.1) is 13.8 Å². The fraction of sp³-hybridized carbons (Fsp3) is 0.316. The van der Waals surface area contributed by atoms with Crippen molar-refractivity contribution < 1.29 is 36.3 Å². The number of carbonyl (C=O) groups is 2. The van der Waals surface area contributed by atoms with Gasteiger partial charge in [-0.15, -0.1) is 0 Å². The number of nitrogens with one attached hydrogen (secondary N) is 2. The SMILES string of the molecule is CCC1=C(C)c2cc3[nH]c(cc4[nH]c(c(C)c4CC)c(/C=C/C(=O)[O-])c4nc(c(/C=C/C(=O)[O-])c1n2)C(C)=C4CC)c(C)c3CC.[Ni+2]. The van der Waals surface area contributed by atoms with E-state index in [1.54, 1.807) is 6.08 Å². The van der Waals surface area contributed by atoms with E-state index in [9.17, 15) is 19.8 Å². The van der Waals surface area contributed by atoms with Crippen molar-refractivity contribution in [3.05, 3.63) is 80.4 Å². The first-order valence-electron chi connectivity index (χ1n) is 15.9. The Hall–Kier alpha value is -4.49. The van der Waals surface area contributed by atoms with Crippen LogP contribution in [0.3, 0.4) is 0 Å². The van der Waals surface area contributed by atoms with Gasteiger partial charge in [0, 0.05) is 27.7 Å². The molecule has 0 aromatic carbocycles. The summed E-state index contributed by atoms with van der Waals surface area (Å²) >= 11 is 0. The molecule has 0 saturated carbocycles. The fourth-order valence-corrected chi connectivity index (χ4v) is 6.94. The molecule has 0 unspecified atom stereocenters. The van der Waals surface area contributed by atoms with Crippen LogP contribution in [0.4, 0.5) is 0 Å². The minimum Gasteiger partial charge on any atom is -0.545 e. The first-order chi connectivity index (χ1) is 21.9. The van der Waals surface area contributed by atoms with Gasteiger partial charge in [-0.1, -0.05) is 27.7 Å². The van der Waals surface area contributed by atoms with E-state index in [0.29, 0.717) is 41.1 Å². The van der Waals surface area contributed by atoms with E-state index in [0.717, 1.165) is 91.7 Å². The molecule has 0 saturated heterocycles. The van der Waals surface area contributed by atoms with Crippen molar-refractivity contribution >= 4 is 68.4 Å². The third kappa shape index (κ3) is 6.29. The minimum absolute atomic E-state index is 0. The van der Waals surface area contributed by atoms with Crippen LogP contribution in [0.5, 0.6) is 0 Å². The molecular weight excluding hydrogens is 635 g/mol. The normalized spacial score (nSPS) is 13.3. The number of fused-ring (bicyclic) bond motifs is 8. The number of aromatic amines is 2. The number of aromatic nitrogens is 4. The molecule has 5 rings (SSSR count). The Bertz CT molecular complexity index is 2090. The van der Waals surface area contributed by atoms with Crippen LogP contribution in [-0.2, 0) is 38.9 Å². The van der Waals surface area contributed by atoms with Gasteiger partial charge in [0.2, 0.25) is 0 Å². The summed E-state index contributed by atoms with van der Waals surface area (Å²) in [5, 5.41) is 23.5. The van der Waals surface area contributed by atoms with E-state index in [4.69, 9.17) is 9.97 Å². The molecule has 2 aliphatic rings. The maximum absolute atomic E-state index is 11.7. The molecule has 246 valence electrons. The monoisotopic (exact) mass is 674 g/mol. The molecule has 0 atom stereocenters. The molecule has 3 aromatic heterocycles. The molecular formula is C38H40N4NiO4. The van der Waals surface area contributed by atoms with Gasteiger partial charge in [-0.2, -0.15) is 0 Å². The maximum Gasteiger partial charge on any atom is 2.00 e.